The molecule has 200 valence electrons. The van der Waals surface area contributed by atoms with Crippen LogP contribution in [0.4, 0.5) is 4.39 Å². The monoisotopic (exact) mass is 538 g/mol. The predicted molar refractivity (Wildman–Crippen MR) is 157 cm³/mol. The molecule has 7 rings (SSSR count). The van der Waals surface area contributed by atoms with E-state index >= 15 is 0 Å². The largest absolute Gasteiger partial charge is 0.338 e. The summed E-state index contributed by atoms with van der Waals surface area (Å²) in [5.41, 5.74) is 3.65. The molecule has 1 aromatic heterocycles. The van der Waals surface area contributed by atoms with Gasteiger partial charge in [-0.05, 0) is 108 Å². The van der Waals surface area contributed by atoms with Crippen molar-refractivity contribution in [1.29, 1.82) is 0 Å². The molecule has 4 aromatic rings. The second-order valence-electron chi connectivity index (χ2n) is 12.0. The third-order valence-electron chi connectivity index (χ3n) is 10.2. The molecule has 0 radical (unpaired) electrons. The fraction of sp³-hybridized carbons (Fsp3) is 0.382. The van der Waals surface area contributed by atoms with Crippen LogP contribution in [0.25, 0.3) is 10.8 Å². The van der Waals surface area contributed by atoms with E-state index in [1.165, 1.54) is 24.0 Å². The molecular formula is C34H35FN2OS. The lowest BCUT2D eigenvalue weighted by molar-refractivity contribution is 0.0453. The van der Waals surface area contributed by atoms with Gasteiger partial charge < -0.3 is 4.90 Å². The van der Waals surface area contributed by atoms with Crippen molar-refractivity contribution in [2.75, 3.05) is 20.1 Å². The van der Waals surface area contributed by atoms with Crippen molar-refractivity contribution in [3.05, 3.63) is 106 Å². The molecule has 39 heavy (non-hydrogen) atoms. The number of halogens is 1. The molecule has 5 heteroatoms. The summed E-state index contributed by atoms with van der Waals surface area (Å²) in [4.78, 5) is 18.7. The van der Waals surface area contributed by atoms with Gasteiger partial charge in [0.25, 0.3) is 5.91 Å². The number of hydrogen-bond donors (Lipinski definition) is 0. The maximum Gasteiger partial charge on any atom is 0.254 e. The Balaban J connectivity index is 1.15. The van der Waals surface area contributed by atoms with E-state index in [0.717, 1.165) is 48.7 Å². The van der Waals surface area contributed by atoms with Crippen molar-refractivity contribution in [3.8, 4) is 0 Å². The van der Waals surface area contributed by atoms with Gasteiger partial charge in [0.1, 0.15) is 5.82 Å². The molecule has 3 aromatic carbocycles. The Morgan fingerprint density at radius 3 is 2.54 bits per heavy atom. The molecule has 3 nitrogen and oxygen atoms in total. The van der Waals surface area contributed by atoms with Crippen LogP contribution in [0.2, 0.25) is 0 Å². The molecule has 3 aliphatic rings. The van der Waals surface area contributed by atoms with Gasteiger partial charge in [-0.15, -0.1) is 0 Å². The van der Waals surface area contributed by atoms with Crippen molar-refractivity contribution < 1.29 is 9.18 Å². The van der Waals surface area contributed by atoms with Crippen LogP contribution in [0.15, 0.2) is 83.6 Å². The highest BCUT2D eigenvalue weighted by Gasteiger charge is 2.53. The Kier molecular flexibility index (Phi) is 6.32. The number of rotatable bonds is 5. The Morgan fingerprint density at radius 1 is 0.923 bits per heavy atom. The van der Waals surface area contributed by atoms with Gasteiger partial charge in [0, 0.05) is 36.2 Å². The molecule has 5 atom stereocenters. The highest BCUT2D eigenvalue weighted by Crippen LogP contribution is 2.53. The Morgan fingerprint density at radius 2 is 1.72 bits per heavy atom. The molecule has 0 saturated carbocycles. The average Bonchev–Trinajstić information content (AvgIpc) is 3.67. The molecule has 3 unspecified atom stereocenters. The van der Waals surface area contributed by atoms with Gasteiger partial charge in [0.2, 0.25) is 0 Å². The van der Waals surface area contributed by atoms with Crippen LogP contribution in [0.1, 0.15) is 65.4 Å². The van der Waals surface area contributed by atoms with E-state index in [-0.39, 0.29) is 17.3 Å². The molecular weight excluding hydrogens is 503 g/mol. The minimum atomic E-state index is -0.160. The number of benzene rings is 3. The maximum absolute atomic E-state index is 14.0. The quantitative estimate of drug-likeness (QED) is 0.260. The highest BCUT2D eigenvalue weighted by atomic mass is 32.1. The highest BCUT2D eigenvalue weighted by molar-refractivity contribution is 7.08. The summed E-state index contributed by atoms with van der Waals surface area (Å²) in [6, 6.07) is 24.2. The van der Waals surface area contributed by atoms with Crippen LogP contribution in [0.3, 0.4) is 0 Å². The first-order valence-electron chi connectivity index (χ1n) is 14.3. The molecule has 0 spiro atoms. The molecule has 0 N–H and O–H groups in total. The summed E-state index contributed by atoms with van der Waals surface area (Å²) in [7, 11) is 2.32. The van der Waals surface area contributed by atoms with Crippen molar-refractivity contribution in [2.24, 2.45) is 5.92 Å². The normalized spacial score (nSPS) is 28.8. The first-order valence-corrected chi connectivity index (χ1v) is 15.2. The molecule has 2 bridgehead atoms. The van der Waals surface area contributed by atoms with Gasteiger partial charge in [0.05, 0.1) is 0 Å². The van der Waals surface area contributed by atoms with Crippen LogP contribution in [-0.4, -0.2) is 47.4 Å². The molecule has 1 amide bonds. The topological polar surface area (TPSA) is 23.6 Å². The third kappa shape index (κ3) is 4.31. The number of likely N-dealkylation sites (N-methyl/N-ethyl adjacent to an activating group) is 1. The minimum absolute atomic E-state index is 0.157. The second kappa shape index (κ2) is 9.87. The Bertz CT molecular complexity index is 1480. The van der Waals surface area contributed by atoms with E-state index in [4.69, 9.17) is 0 Å². The molecule has 3 fully saturated rings. The van der Waals surface area contributed by atoms with Crippen LogP contribution in [0, 0.1) is 11.7 Å². The summed E-state index contributed by atoms with van der Waals surface area (Å²) in [6.45, 7) is 1.59. The van der Waals surface area contributed by atoms with Crippen molar-refractivity contribution in [1.82, 2.24) is 9.80 Å². The Hall–Kier alpha value is -3.02. The lowest BCUT2D eigenvalue weighted by Gasteiger charge is -2.48. The van der Waals surface area contributed by atoms with E-state index < -0.39 is 0 Å². The number of piperidine rings is 1. The van der Waals surface area contributed by atoms with Crippen LogP contribution in [0.5, 0.6) is 0 Å². The van der Waals surface area contributed by atoms with Gasteiger partial charge in [-0.2, -0.15) is 11.3 Å². The number of thiophene rings is 1. The minimum Gasteiger partial charge on any atom is -0.338 e. The van der Waals surface area contributed by atoms with Gasteiger partial charge in [0.15, 0.2) is 0 Å². The van der Waals surface area contributed by atoms with Crippen molar-refractivity contribution in [2.45, 2.75) is 55.5 Å². The van der Waals surface area contributed by atoms with E-state index in [1.54, 1.807) is 23.5 Å². The van der Waals surface area contributed by atoms with Crippen LogP contribution in [-0.2, 0) is 0 Å². The van der Waals surface area contributed by atoms with Crippen LogP contribution < -0.4 is 0 Å². The van der Waals surface area contributed by atoms with E-state index in [2.05, 4.69) is 51.9 Å². The molecule has 3 saturated heterocycles. The lowest BCUT2D eigenvalue weighted by atomic mass is 9.74. The second-order valence-corrected chi connectivity index (χ2v) is 12.8. The summed E-state index contributed by atoms with van der Waals surface area (Å²) in [6.07, 6.45) is 5.82. The Labute approximate surface area is 234 Å². The first-order chi connectivity index (χ1) is 19.0. The van der Waals surface area contributed by atoms with Crippen molar-refractivity contribution in [3.63, 3.8) is 0 Å². The number of hydrogen-bond acceptors (Lipinski definition) is 3. The number of carbonyl (C=O) groups excluding carboxylic acids is 1. The zero-order valence-electron chi connectivity index (χ0n) is 22.4. The van der Waals surface area contributed by atoms with E-state index in [1.807, 2.05) is 36.4 Å². The van der Waals surface area contributed by atoms with Gasteiger partial charge in [-0.3, -0.25) is 9.69 Å². The van der Waals surface area contributed by atoms with E-state index in [9.17, 15) is 9.18 Å². The fourth-order valence-corrected chi connectivity index (χ4v) is 8.88. The molecule has 0 aliphatic carbocycles. The number of fused-ring (bicyclic) bond motifs is 3. The average molecular weight is 539 g/mol. The summed E-state index contributed by atoms with van der Waals surface area (Å²) in [5, 5.41) is 6.61. The van der Waals surface area contributed by atoms with Gasteiger partial charge >= 0.3 is 0 Å². The zero-order valence-corrected chi connectivity index (χ0v) is 23.2. The van der Waals surface area contributed by atoms with Crippen LogP contribution >= 0.6 is 11.3 Å². The van der Waals surface area contributed by atoms with Gasteiger partial charge in [-0.25, -0.2) is 4.39 Å². The zero-order chi connectivity index (χ0) is 26.6. The molecule has 4 heterocycles. The summed E-state index contributed by atoms with van der Waals surface area (Å²) < 4.78 is 13.6. The first kappa shape index (κ1) is 25.0. The third-order valence-corrected chi connectivity index (χ3v) is 10.9. The SMILES string of the molecule is CN1[C@H]2CC[C@]1(CC1CN(C(=O)c3cccc4ccccc34)CC1c1ccsc1)CCC2c1ccc(F)cc1. The predicted octanol–water partition coefficient (Wildman–Crippen LogP) is 7.70. The summed E-state index contributed by atoms with van der Waals surface area (Å²) >= 11 is 1.75. The molecule has 3 aliphatic heterocycles. The number of amides is 1. The smallest absolute Gasteiger partial charge is 0.254 e. The number of carbonyl (C=O) groups is 1. The number of nitrogens with zero attached hydrogens (tertiary/aromatic N) is 2. The fourth-order valence-electron chi connectivity index (χ4n) is 8.15. The maximum atomic E-state index is 14.0. The van der Waals surface area contributed by atoms with E-state index in [0.29, 0.717) is 23.8 Å². The standard InChI is InChI=1S/C34H35FN2OS/c1-36-32-14-17-34(36,16-13-29(32)24-9-11-27(35)12-10-24)19-26-20-37(21-31(26)25-15-18-39-22-25)33(38)30-8-4-6-23-5-2-3-7-28(23)30/h2-12,15,18,22,26,29,31-32H,13-14,16-17,19-21H2,1H3/t26?,29?,31?,32-,34-/m0/s1. The van der Waals surface area contributed by atoms with Gasteiger partial charge in [-0.1, -0.05) is 48.5 Å². The summed E-state index contributed by atoms with van der Waals surface area (Å²) in [5.74, 6) is 1.26. The lowest BCUT2D eigenvalue weighted by Crippen LogP contribution is -2.51. The number of likely N-dealkylation sites (tertiary alicyclic amines) is 1. The van der Waals surface area contributed by atoms with Crippen molar-refractivity contribution >= 4 is 28.0 Å².